The predicted molar refractivity (Wildman–Crippen MR) is 84.3 cm³/mol. The highest BCUT2D eigenvalue weighted by Gasteiger charge is 2.27. The van der Waals surface area contributed by atoms with Gasteiger partial charge >= 0.3 is 0 Å². The lowest BCUT2D eigenvalue weighted by atomic mass is 9.96. The number of aromatic amines is 1. The molecule has 1 aromatic heterocycles. The van der Waals surface area contributed by atoms with Crippen LogP contribution in [0.2, 0.25) is 0 Å². The number of nitrogens with two attached hydrogens (primary N) is 1. The highest BCUT2D eigenvalue weighted by Crippen LogP contribution is 2.25. The Bertz CT molecular complexity index is 486. The molecule has 1 aromatic rings. The van der Waals surface area contributed by atoms with Crippen LogP contribution in [0, 0.1) is 5.92 Å². The van der Waals surface area contributed by atoms with E-state index in [1.165, 1.54) is 0 Å². The van der Waals surface area contributed by atoms with Gasteiger partial charge in [0, 0.05) is 19.6 Å². The van der Waals surface area contributed by atoms with Crippen molar-refractivity contribution in [1.29, 1.82) is 0 Å². The minimum atomic E-state index is -0.0426. The fourth-order valence-corrected chi connectivity index (χ4v) is 2.95. The van der Waals surface area contributed by atoms with Crippen LogP contribution in [0.4, 0.5) is 5.69 Å². The summed E-state index contributed by atoms with van der Waals surface area (Å²) in [6, 6.07) is 0. The summed E-state index contributed by atoms with van der Waals surface area (Å²) >= 11 is 0. The third-order valence-corrected chi connectivity index (χ3v) is 4.14. The Morgan fingerprint density at radius 1 is 1.43 bits per heavy atom. The molecule has 2 heterocycles. The second kappa shape index (κ2) is 6.47. The largest absolute Gasteiger partial charge is 0.395 e. The molecule has 0 atom stereocenters. The minimum absolute atomic E-state index is 0.0426. The molecule has 1 saturated heterocycles. The smallest absolute Gasteiger partial charge is 0.276 e. The average Bonchev–Trinajstić information content (AvgIpc) is 2.80. The zero-order chi connectivity index (χ0) is 15.6. The SMILES string of the molecule is CC(C)c1[nH]nc(C(=O)N2CCC(CN(C)C)CC2)c1N. The Morgan fingerprint density at radius 2 is 2.05 bits per heavy atom. The van der Waals surface area contributed by atoms with Crippen LogP contribution in [0.25, 0.3) is 0 Å². The molecule has 0 unspecified atom stereocenters. The molecule has 0 aliphatic carbocycles. The third kappa shape index (κ3) is 3.56. The van der Waals surface area contributed by atoms with Crippen molar-refractivity contribution in [3.63, 3.8) is 0 Å². The maximum absolute atomic E-state index is 12.5. The van der Waals surface area contributed by atoms with E-state index in [0.717, 1.165) is 38.2 Å². The van der Waals surface area contributed by atoms with Crippen molar-refractivity contribution in [2.24, 2.45) is 5.92 Å². The second-order valence-corrected chi connectivity index (χ2v) is 6.55. The summed E-state index contributed by atoms with van der Waals surface area (Å²) in [5, 5.41) is 7.03. The zero-order valence-electron chi connectivity index (χ0n) is 13.5. The number of likely N-dealkylation sites (tertiary alicyclic amines) is 1. The van der Waals surface area contributed by atoms with Crippen LogP contribution >= 0.6 is 0 Å². The van der Waals surface area contributed by atoms with Crippen LogP contribution < -0.4 is 5.73 Å². The Morgan fingerprint density at radius 3 is 2.52 bits per heavy atom. The number of hydrogen-bond donors (Lipinski definition) is 2. The molecule has 0 saturated carbocycles. The summed E-state index contributed by atoms with van der Waals surface area (Å²) in [7, 11) is 4.19. The van der Waals surface area contributed by atoms with E-state index in [0.29, 0.717) is 17.3 Å². The number of amides is 1. The van der Waals surface area contributed by atoms with E-state index >= 15 is 0 Å². The predicted octanol–water partition coefficient (Wildman–Crippen LogP) is 1.53. The van der Waals surface area contributed by atoms with E-state index in [1.54, 1.807) is 0 Å². The average molecular weight is 293 g/mol. The van der Waals surface area contributed by atoms with Crippen LogP contribution in [-0.2, 0) is 0 Å². The molecule has 0 radical (unpaired) electrons. The second-order valence-electron chi connectivity index (χ2n) is 6.55. The number of anilines is 1. The first-order chi connectivity index (χ1) is 9.90. The number of hydrogen-bond acceptors (Lipinski definition) is 4. The van der Waals surface area contributed by atoms with Gasteiger partial charge < -0.3 is 15.5 Å². The lowest BCUT2D eigenvalue weighted by Gasteiger charge is -2.32. The number of nitrogen functional groups attached to an aromatic ring is 1. The first-order valence-electron chi connectivity index (χ1n) is 7.67. The van der Waals surface area contributed by atoms with Crippen molar-refractivity contribution >= 4 is 11.6 Å². The lowest BCUT2D eigenvalue weighted by molar-refractivity contribution is 0.0673. The van der Waals surface area contributed by atoms with Gasteiger partial charge in [-0.3, -0.25) is 9.89 Å². The molecular weight excluding hydrogens is 266 g/mol. The molecule has 21 heavy (non-hydrogen) atoms. The standard InChI is InChI=1S/C15H27N5O/c1-10(2)13-12(16)14(18-17-13)15(21)20-7-5-11(6-8-20)9-19(3)4/h10-11H,5-9,16H2,1-4H3,(H,17,18). The number of rotatable bonds is 4. The number of H-pyrrole nitrogens is 1. The molecule has 1 aliphatic heterocycles. The molecule has 1 amide bonds. The molecule has 2 rings (SSSR count). The lowest BCUT2D eigenvalue weighted by Crippen LogP contribution is -2.41. The fraction of sp³-hybridized carbons (Fsp3) is 0.733. The van der Waals surface area contributed by atoms with Crippen molar-refractivity contribution in [1.82, 2.24) is 20.0 Å². The first kappa shape index (κ1) is 15.8. The molecule has 6 heteroatoms. The minimum Gasteiger partial charge on any atom is -0.395 e. The van der Waals surface area contributed by atoms with Gasteiger partial charge in [-0.2, -0.15) is 5.10 Å². The van der Waals surface area contributed by atoms with E-state index in [4.69, 9.17) is 5.73 Å². The zero-order valence-corrected chi connectivity index (χ0v) is 13.5. The topological polar surface area (TPSA) is 78.2 Å². The molecule has 1 aliphatic rings. The van der Waals surface area contributed by atoms with Crippen LogP contribution in [0.1, 0.15) is 48.8 Å². The molecule has 0 spiro atoms. The van der Waals surface area contributed by atoms with Gasteiger partial charge in [-0.15, -0.1) is 0 Å². The van der Waals surface area contributed by atoms with Gasteiger partial charge in [0.15, 0.2) is 5.69 Å². The van der Waals surface area contributed by atoms with Crippen molar-refractivity contribution in [3.05, 3.63) is 11.4 Å². The highest BCUT2D eigenvalue weighted by atomic mass is 16.2. The fourth-order valence-electron chi connectivity index (χ4n) is 2.95. The van der Waals surface area contributed by atoms with E-state index in [-0.39, 0.29) is 11.8 Å². The van der Waals surface area contributed by atoms with E-state index in [9.17, 15) is 4.79 Å². The van der Waals surface area contributed by atoms with Crippen LogP contribution in [0.15, 0.2) is 0 Å². The molecule has 1 fully saturated rings. The van der Waals surface area contributed by atoms with Crippen LogP contribution in [0.5, 0.6) is 0 Å². The van der Waals surface area contributed by atoms with Crippen molar-refractivity contribution in [2.45, 2.75) is 32.6 Å². The Hall–Kier alpha value is -1.56. The van der Waals surface area contributed by atoms with Crippen LogP contribution in [-0.4, -0.2) is 59.6 Å². The van der Waals surface area contributed by atoms with Gasteiger partial charge in [-0.25, -0.2) is 0 Å². The number of piperidine rings is 1. The van der Waals surface area contributed by atoms with Gasteiger partial charge in [-0.1, -0.05) is 13.8 Å². The van der Waals surface area contributed by atoms with Crippen molar-refractivity contribution in [3.8, 4) is 0 Å². The molecule has 118 valence electrons. The van der Waals surface area contributed by atoms with Crippen molar-refractivity contribution < 1.29 is 4.79 Å². The Labute approximate surface area is 126 Å². The quantitative estimate of drug-likeness (QED) is 0.882. The Balaban J connectivity index is 1.99. The molecule has 0 bridgehead atoms. The van der Waals surface area contributed by atoms with E-state index in [2.05, 4.69) is 29.2 Å². The van der Waals surface area contributed by atoms with Crippen LogP contribution in [0.3, 0.4) is 0 Å². The van der Waals surface area contributed by atoms with E-state index < -0.39 is 0 Å². The number of carbonyl (C=O) groups excluding carboxylic acids is 1. The van der Waals surface area contributed by atoms with Gasteiger partial charge in [0.2, 0.25) is 0 Å². The monoisotopic (exact) mass is 293 g/mol. The summed E-state index contributed by atoms with van der Waals surface area (Å²) in [5.41, 5.74) is 7.79. The summed E-state index contributed by atoms with van der Waals surface area (Å²) in [4.78, 5) is 16.6. The van der Waals surface area contributed by atoms with Gasteiger partial charge in [0.1, 0.15) is 0 Å². The molecular formula is C15H27N5O. The number of carbonyl (C=O) groups is 1. The highest BCUT2D eigenvalue weighted by molar-refractivity contribution is 5.97. The van der Waals surface area contributed by atoms with Crippen molar-refractivity contribution in [2.75, 3.05) is 39.5 Å². The Kier molecular flexibility index (Phi) is 4.88. The third-order valence-electron chi connectivity index (χ3n) is 4.14. The summed E-state index contributed by atoms with van der Waals surface area (Å²) in [6.45, 7) is 6.74. The van der Waals surface area contributed by atoms with Gasteiger partial charge in [-0.05, 0) is 38.8 Å². The number of aromatic nitrogens is 2. The van der Waals surface area contributed by atoms with Gasteiger partial charge in [0.05, 0.1) is 11.4 Å². The maximum atomic E-state index is 12.5. The summed E-state index contributed by atoms with van der Waals surface area (Å²) < 4.78 is 0. The summed E-state index contributed by atoms with van der Waals surface area (Å²) in [6.07, 6.45) is 2.09. The summed E-state index contributed by atoms with van der Waals surface area (Å²) in [5.74, 6) is 0.871. The maximum Gasteiger partial charge on any atom is 0.276 e. The first-order valence-corrected chi connectivity index (χ1v) is 7.67. The number of nitrogens with one attached hydrogen (secondary N) is 1. The molecule has 6 nitrogen and oxygen atoms in total. The van der Waals surface area contributed by atoms with E-state index in [1.807, 2.05) is 18.7 Å². The molecule has 3 N–H and O–H groups in total. The van der Waals surface area contributed by atoms with Gasteiger partial charge in [0.25, 0.3) is 5.91 Å². The number of nitrogens with zero attached hydrogens (tertiary/aromatic N) is 3. The normalized spacial score (nSPS) is 17.0. The molecule has 0 aromatic carbocycles.